The highest BCUT2D eigenvalue weighted by atomic mass is 15.1. The van der Waals surface area contributed by atoms with Crippen molar-refractivity contribution in [3.63, 3.8) is 0 Å². The van der Waals surface area contributed by atoms with Crippen LogP contribution in [-0.4, -0.2) is 22.6 Å². The number of aryl methyl sites for hydroxylation is 2. The third kappa shape index (κ3) is 4.14. The maximum Gasteiger partial charge on any atom is 0.0936 e. The SMILES string of the molecule is CCCC(N)=NCCCc1cn[nH]c1C. The Balaban J connectivity index is 2.22. The van der Waals surface area contributed by atoms with E-state index in [0.717, 1.165) is 43.8 Å². The van der Waals surface area contributed by atoms with Gasteiger partial charge in [-0.25, -0.2) is 0 Å². The summed E-state index contributed by atoms with van der Waals surface area (Å²) in [4.78, 5) is 4.31. The Bertz CT molecular complexity index is 314. The van der Waals surface area contributed by atoms with Gasteiger partial charge in [0.1, 0.15) is 0 Å². The fourth-order valence-electron chi connectivity index (χ4n) is 1.46. The third-order valence-corrected chi connectivity index (χ3v) is 2.36. The normalized spacial score (nSPS) is 12.0. The zero-order valence-corrected chi connectivity index (χ0v) is 9.58. The monoisotopic (exact) mass is 208 g/mol. The smallest absolute Gasteiger partial charge is 0.0936 e. The van der Waals surface area contributed by atoms with Crippen LogP contribution in [0.15, 0.2) is 11.2 Å². The Hall–Kier alpha value is -1.32. The Morgan fingerprint density at radius 1 is 1.60 bits per heavy atom. The second-order valence-electron chi connectivity index (χ2n) is 3.75. The molecule has 1 rings (SSSR count). The number of rotatable bonds is 6. The molecule has 0 bridgehead atoms. The van der Waals surface area contributed by atoms with E-state index in [2.05, 4.69) is 22.1 Å². The first-order chi connectivity index (χ1) is 7.24. The zero-order chi connectivity index (χ0) is 11.1. The van der Waals surface area contributed by atoms with Gasteiger partial charge in [-0.3, -0.25) is 10.1 Å². The number of nitrogens with zero attached hydrogens (tertiary/aromatic N) is 2. The lowest BCUT2D eigenvalue weighted by molar-refractivity contribution is 0.821. The number of nitrogens with two attached hydrogens (primary N) is 1. The second-order valence-corrected chi connectivity index (χ2v) is 3.75. The summed E-state index contributed by atoms with van der Waals surface area (Å²) in [6, 6.07) is 0. The first kappa shape index (κ1) is 11.8. The van der Waals surface area contributed by atoms with Crippen molar-refractivity contribution in [2.24, 2.45) is 10.7 Å². The fourth-order valence-corrected chi connectivity index (χ4v) is 1.46. The molecule has 4 heteroatoms. The van der Waals surface area contributed by atoms with Crippen LogP contribution in [0.4, 0.5) is 0 Å². The van der Waals surface area contributed by atoms with Crippen LogP contribution in [0.25, 0.3) is 0 Å². The zero-order valence-electron chi connectivity index (χ0n) is 9.58. The standard InChI is InChI=1S/C11H20N4/c1-3-5-11(12)13-7-4-6-10-8-14-15-9(10)2/h8H,3-7H2,1-2H3,(H2,12,13)(H,14,15). The molecule has 0 fully saturated rings. The highest BCUT2D eigenvalue weighted by Gasteiger charge is 1.99. The molecular formula is C11H20N4. The van der Waals surface area contributed by atoms with Gasteiger partial charge in [0.15, 0.2) is 0 Å². The molecule has 84 valence electrons. The molecule has 3 N–H and O–H groups in total. The number of amidine groups is 1. The summed E-state index contributed by atoms with van der Waals surface area (Å²) in [6.07, 6.45) is 5.91. The predicted octanol–water partition coefficient (Wildman–Crippen LogP) is 1.81. The van der Waals surface area contributed by atoms with Crippen LogP contribution in [0.5, 0.6) is 0 Å². The Kier molecular flexibility index (Phi) is 4.87. The Labute approximate surface area is 91.0 Å². The minimum Gasteiger partial charge on any atom is -0.387 e. The molecule has 0 atom stereocenters. The molecule has 0 aliphatic heterocycles. The van der Waals surface area contributed by atoms with Crippen molar-refractivity contribution < 1.29 is 0 Å². The van der Waals surface area contributed by atoms with Gasteiger partial charge >= 0.3 is 0 Å². The molecule has 4 nitrogen and oxygen atoms in total. The van der Waals surface area contributed by atoms with Gasteiger partial charge in [0.25, 0.3) is 0 Å². The lowest BCUT2D eigenvalue weighted by Gasteiger charge is -1.99. The molecule has 0 amide bonds. The summed E-state index contributed by atoms with van der Waals surface area (Å²) in [7, 11) is 0. The van der Waals surface area contributed by atoms with E-state index in [-0.39, 0.29) is 0 Å². The van der Waals surface area contributed by atoms with Gasteiger partial charge in [-0.2, -0.15) is 5.10 Å². The van der Waals surface area contributed by atoms with Crippen molar-refractivity contribution in [2.45, 2.75) is 39.5 Å². The first-order valence-corrected chi connectivity index (χ1v) is 5.51. The number of hydrogen-bond acceptors (Lipinski definition) is 2. The van der Waals surface area contributed by atoms with Crippen LogP contribution >= 0.6 is 0 Å². The van der Waals surface area contributed by atoms with Crippen molar-refractivity contribution in [2.75, 3.05) is 6.54 Å². The number of aliphatic imine (C=N–C) groups is 1. The molecule has 0 saturated heterocycles. The van der Waals surface area contributed by atoms with Crippen LogP contribution in [0.2, 0.25) is 0 Å². The molecule has 0 spiro atoms. The quantitative estimate of drug-likeness (QED) is 0.425. The van der Waals surface area contributed by atoms with Gasteiger partial charge in [-0.1, -0.05) is 6.92 Å². The molecule has 0 unspecified atom stereocenters. The minimum atomic E-state index is 0.779. The molecule has 0 aromatic carbocycles. The lowest BCUT2D eigenvalue weighted by atomic mass is 10.1. The average molecular weight is 208 g/mol. The number of nitrogens with one attached hydrogen (secondary N) is 1. The molecule has 1 aromatic rings. The van der Waals surface area contributed by atoms with E-state index in [0.29, 0.717) is 0 Å². The highest BCUT2D eigenvalue weighted by molar-refractivity contribution is 5.80. The summed E-state index contributed by atoms with van der Waals surface area (Å²) >= 11 is 0. The van der Waals surface area contributed by atoms with E-state index in [9.17, 15) is 0 Å². The van der Waals surface area contributed by atoms with Gasteiger partial charge < -0.3 is 5.73 Å². The Morgan fingerprint density at radius 3 is 3.00 bits per heavy atom. The van der Waals surface area contributed by atoms with E-state index in [1.807, 2.05) is 13.1 Å². The fraction of sp³-hybridized carbons (Fsp3) is 0.636. The van der Waals surface area contributed by atoms with Crippen LogP contribution < -0.4 is 5.73 Å². The summed E-state index contributed by atoms with van der Waals surface area (Å²) in [5, 5.41) is 6.91. The van der Waals surface area contributed by atoms with Gasteiger partial charge in [0.2, 0.25) is 0 Å². The topological polar surface area (TPSA) is 67.1 Å². The van der Waals surface area contributed by atoms with E-state index >= 15 is 0 Å². The van der Waals surface area contributed by atoms with Crippen LogP contribution in [0.3, 0.4) is 0 Å². The van der Waals surface area contributed by atoms with Crippen molar-refractivity contribution >= 4 is 5.84 Å². The third-order valence-electron chi connectivity index (χ3n) is 2.36. The summed E-state index contributed by atoms with van der Waals surface area (Å²) in [5.74, 6) is 0.779. The molecule has 0 aliphatic rings. The summed E-state index contributed by atoms with van der Waals surface area (Å²) in [5.41, 5.74) is 8.14. The predicted molar refractivity (Wildman–Crippen MR) is 63.0 cm³/mol. The number of H-pyrrole nitrogens is 1. The number of hydrogen-bond donors (Lipinski definition) is 2. The average Bonchev–Trinajstić information content (AvgIpc) is 2.60. The maximum atomic E-state index is 5.71. The van der Waals surface area contributed by atoms with Crippen LogP contribution in [0, 0.1) is 6.92 Å². The first-order valence-electron chi connectivity index (χ1n) is 5.51. The van der Waals surface area contributed by atoms with Crippen LogP contribution in [-0.2, 0) is 6.42 Å². The molecule has 0 aliphatic carbocycles. The van der Waals surface area contributed by atoms with E-state index < -0.39 is 0 Å². The summed E-state index contributed by atoms with van der Waals surface area (Å²) in [6.45, 7) is 4.96. The molecule has 1 aromatic heterocycles. The molecular weight excluding hydrogens is 188 g/mol. The highest BCUT2D eigenvalue weighted by Crippen LogP contribution is 2.05. The Morgan fingerprint density at radius 2 is 2.40 bits per heavy atom. The lowest BCUT2D eigenvalue weighted by Crippen LogP contribution is -2.11. The summed E-state index contributed by atoms with van der Waals surface area (Å²) < 4.78 is 0. The van der Waals surface area contributed by atoms with Crippen molar-refractivity contribution in [1.29, 1.82) is 0 Å². The van der Waals surface area contributed by atoms with Gasteiger partial charge in [0.05, 0.1) is 12.0 Å². The molecule has 0 radical (unpaired) electrons. The van der Waals surface area contributed by atoms with Gasteiger partial charge in [-0.15, -0.1) is 0 Å². The second kappa shape index (κ2) is 6.22. The van der Waals surface area contributed by atoms with Crippen molar-refractivity contribution in [3.8, 4) is 0 Å². The van der Waals surface area contributed by atoms with Crippen molar-refractivity contribution in [3.05, 3.63) is 17.5 Å². The van der Waals surface area contributed by atoms with E-state index in [4.69, 9.17) is 5.73 Å². The van der Waals surface area contributed by atoms with E-state index in [1.165, 1.54) is 5.56 Å². The maximum absolute atomic E-state index is 5.71. The molecule has 15 heavy (non-hydrogen) atoms. The molecule has 0 saturated carbocycles. The molecule has 1 heterocycles. The minimum absolute atomic E-state index is 0.779. The number of aromatic amines is 1. The van der Waals surface area contributed by atoms with Crippen LogP contribution in [0.1, 0.15) is 37.4 Å². The van der Waals surface area contributed by atoms with E-state index in [1.54, 1.807) is 0 Å². The van der Waals surface area contributed by atoms with Gasteiger partial charge in [-0.05, 0) is 31.7 Å². The van der Waals surface area contributed by atoms with Gasteiger partial charge in [0, 0.05) is 18.7 Å². The number of aromatic nitrogens is 2. The van der Waals surface area contributed by atoms with Crippen molar-refractivity contribution in [1.82, 2.24) is 10.2 Å². The largest absolute Gasteiger partial charge is 0.387 e.